The zero-order chi connectivity index (χ0) is 15.5. The minimum absolute atomic E-state index is 0.0899. The van der Waals surface area contributed by atoms with Gasteiger partial charge in [0.2, 0.25) is 0 Å². The van der Waals surface area contributed by atoms with Crippen molar-refractivity contribution in [3.63, 3.8) is 0 Å². The second-order valence-corrected chi connectivity index (χ2v) is 6.80. The highest BCUT2D eigenvalue weighted by Crippen LogP contribution is 2.18. The van der Waals surface area contributed by atoms with Crippen LogP contribution in [-0.2, 0) is 11.2 Å². The molecule has 1 saturated heterocycles. The normalized spacial score (nSPS) is 19.4. The van der Waals surface area contributed by atoms with Gasteiger partial charge < -0.3 is 15.0 Å². The van der Waals surface area contributed by atoms with Gasteiger partial charge in [-0.15, -0.1) is 0 Å². The number of amides is 1. The van der Waals surface area contributed by atoms with Crippen LogP contribution in [0.2, 0.25) is 5.02 Å². The van der Waals surface area contributed by atoms with E-state index < -0.39 is 5.60 Å². The largest absolute Gasteiger partial charge is 0.444 e. The molecular formula is C16H23ClN2O2. The lowest BCUT2D eigenvalue weighted by Crippen LogP contribution is -2.55. The number of nitrogens with one attached hydrogen (secondary N) is 1. The summed E-state index contributed by atoms with van der Waals surface area (Å²) >= 11 is 6.03. The van der Waals surface area contributed by atoms with Crippen LogP contribution in [0.5, 0.6) is 0 Å². The first kappa shape index (κ1) is 16.1. The maximum Gasteiger partial charge on any atom is 0.410 e. The minimum atomic E-state index is -0.470. The van der Waals surface area contributed by atoms with Crippen LogP contribution in [0.25, 0.3) is 0 Å². The molecule has 1 aromatic rings. The van der Waals surface area contributed by atoms with Crippen LogP contribution in [0.4, 0.5) is 4.79 Å². The van der Waals surface area contributed by atoms with Crippen LogP contribution in [-0.4, -0.2) is 42.3 Å². The fourth-order valence-electron chi connectivity index (χ4n) is 2.44. The van der Waals surface area contributed by atoms with Gasteiger partial charge in [0.1, 0.15) is 5.60 Å². The first-order chi connectivity index (χ1) is 9.85. The molecule has 0 aliphatic carbocycles. The molecule has 0 aromatic heterocycles. The van der Waals surface area contributed by atoms with E-state index in [1.54, 1.807) is 0 Å². The summed E-state index contributed by atoms with van der Waals surface area (Å²) in [5.74, 6) is 0. The molecular weight excluding hydrogens is 288 g/mol. The number of hydrogen-bond donors (Lipinski definition) is 1. The van der Waals surface area contributed by atoms with Crippen LogP contribution in [0, 0.1) is 0 Å². The molecule has 1 heterocycles. The molecule has 1 aromatic carbocycles. The zero-order valence-electron chi connectivity index (χ0n) is 12.9. The van der Waals surface area contributed by atoms with Gasteiger partial charge in [0.25, 0.3) is 0 Å². The highest BCUT2D eigenvalue weighted by atomic mass is 35.5. The lowest BCUT2D eigenvalue weighted by Gasteiger charge is -2.37. The topological polar surface area (TPSA) is 41.6 Å². The Bertz CT molecular complexity index is 499. The Morgan fingerprint density at radius 1 is 1.48 bits per heavy atom. The van der Waals surface area contributed by atoms with E-state index in [-0.39, 0.29) is 12.1 Å². The van der Waals surface area contributed by atoms with Gasteiger partial charge >= 0.3 is 6.09 Å². The Morgan fingerprint density at radius 3 is 2.90 bits per heavy atom. The van der Waals surface area contributed by atoms with Crippen LogP contribution in [0.1, 0.15) is 26.3 Å². The summed E-state index contributed by atoms with van der Waals surface area (Å²) in [6, 6.07) is 7.87. The first-order valence-corrected chi connectivity index (χ1v) is 7.68. The van der Waals surface area contributed by atoms with E-state index in [0.717, 1.165) is 30.1 Å². The average Bonchev–Trinajstić information content (AvgIpc) is 2.37. The van der Waals surface area contributed by atoms with Crippen molar-refractivity contribution >= 4 is 17.7 Å². The summed E-state index contributed by atoms with van der Waals surface area (Å²) in [7, 11) is 0. The van der Waals surface area contributed by atoms with Gasteiger partial charge in [-0.2, -0.15) is 0 Å². The number of nitrogens with zero attached hydrogens (tertiary/aromatic N) is 1. The molecule has 1 N–H and O–H groups in total. The van der Waals surface area contributed by atoms with Crippen molar-refractivity contribution in [2.75, 3.05) is 19.6 Å². The van der Waals surface area contributed by atoms with Crippen LogP contribution in [0.3, 0.4) is 0 Å². The fourth-order valence-corrected chi connectivity index (χ4v) is 2.65. The lowest BCUT2D eigenvalue weighted by molar-refractivity contribution is 0.0122. The smallest absolute Gasteiger partial charge is 0.410 e. The molecule has 1 aliphatic rings. The van der Waals surface area contributed by atoms with Gasteiger partial charge in [-0.05, 0) is 44.9 Å². The third-order valence-corrected chi connectivity index (χ3v) is 3.57. The lowest BCUT2D eigenvalue weighted by atomic mass is 10.0. The van der Waals surface area contributed by atoms with Gasteiger partial charge in [0.05, 0.1) is 6.04 Å². The predicted octanol–water partition coefficient (Wildman–Crippen LogP) is 3.09. The maximum absolute atomic E-state index is 12.3. The Labute approximate surface area is 131 Å². The number of piperazine rings is 1. The standard InChI is InChI=1S/C16H23ClN2O2/c1-16(2,3)21-15(20)19-8-7-18-11-14(19)10-12-5-4-6-13(17)9-12/h4-6,9,14,18H,7-8,10-11H2,1-3H3/t14-/m0/s1. The van der Waals surface area contributed by atoms with Crippen molar-refractivity contribution < 1.29 is 9.53 Å². The van der Waals surface area contributed by atoms with Crippen LogP contribution in [0.15, 0.2) is 24.3 Å². The number of halogens is 1. The predicted molar refractivity (Wildman–Crippen MR) is 84.8 cm³/mol. The molecule has 21 heavy (non-hydrogen) atoms. The van der Waals surface area contributed by atoms with E-state index in [0.29, 0.717) is 6.54 Å². The molecule has 1 fully saturated rings. The second kappa shape index (κ2) is 6.67. The van der Waals surface area contributed by atoms with E-state index >= 15 is 0 Å². The number of ether oxygens (including phenoxy) is 1. The number of carbonyl (C=O) groups excluding carboxylic acids is 1. The molecule has 5 heteroatoms. The third-order valence-electron chi connectivity index (χ3n) is 3.34. The summed E-state index contributed by atoms with van der Waals surface area (Å²) < 4.78 is 5.50. The van der Waals surface area contributed by atoms with Crippen molar-refractivity contribution in [3.8, 4) is 0 Å². The number of benzene rings is 1. The summed E-state index contributed by atoms with van der Waals surface area (Å²) in [5, 5.41) is 4.06. The van der Waals surface area contributed by atoms with E-state index in [1.807, 2.05) is 49.9 Å². The summed E-state index contributed by atoms with van der Waals surface area (Å²) in [4.78, 5) is 14.2. The first-order valence-electron chi connectivity index (χ1n) is 7.30. The average molecular weight is 311 g/mol. The monoisotopic (exact) mass is 310 g/mol. The van der Waals surface area contributed by atoms with E-state index in [2.05, 4.69) is 5.32 Å². The maximum atomic E-state index is 12.3. The van der Waals surface area contributed by atoms with Crippen molar-refractivity contribution in [1.82, 2.24) is 10.2 Å². The fraction of sp³-hybridized carbons (Fsp3) is 0.562. The van der Waals surface area contributed by atoms with E-state index in [1.165, 1.54) is 0 Å². The number of rotatable bonds is 2. The number of hydrogen-bond acceptors (Lipinski definition) is 3. The zero-order valence-corrected chi connectivity index (χ0v) is 13.6. The summed E-state index contributed by atoms with van der Waals surface area (Å²) in [6.07, 6.45) is 0.531. The van der Waals surface area contributed by atoms with Crippen molar-refractivity contribution in [2.24, 2.45) is 0 Å². The quantitative estimate of drug-likeness (QED) is 0.912. The van der Waals surface area contributed by atoms with Gasteiger partial charge in [0, 0.05) is 24.7 Å². The molecule has 0 spiro atoms. The van der Waals surface area contributed by atoms with Gasteiger partial charge in [0.15, 0.2) is 0 Å². The number of carbonyl (C=O) groups is 1. The van der Waals surface area contributed by atoms with Crippen molar-refractivity contribution in [3.05, 3.63) is 34.9 Å². The second-order valence-electron chi connectivity index (χ2n) is 6.37. The molecule has 0 radical (unpaired) electrons. The Kier molecular flexibility index (Phi) is 5.12. The molecule has 116 valence electrons. The summed E-state index contributed by atoms with van der Waals surface area (Å²) in [5.41, 5.74) is 0.660. The Hall–Kier alpha value is -1.26. The molecule has 2 rings (SSSR count). The summed E-state index contributed by atoms with van der Waals surface area (Å²) in [6.45, 7) is 7.90. The molecule has 1 amide bonds. The van der Waals surface area contributed by atoms with E-state index in [9.17, 15) is 4.79 Å². The SMILES string of the molecule is CC(C)(C)OC(=O)N1CCNC[C@@H]1Cc1cccc(Cl)c1. The third kappa shape index (κ3) is 4.90. The minimum Gasteiger partial charge on any atom is -0.444 e. The van der Waals surface area contributed by atoms with Crippen molar-refractivity contribution in [2.45, 2.75) is 38.8 Å². The highest BCUT2D eigenvalue weighted by molar-refractivity contribution is 6.30. The Balaban J connectivity index is 2.06. The molecule has 4 nitrogen and oxygen atoms in total. The van der Waals surface area contributed by atoms with Gasteiger partial charge in [-0.1, -0.05) is 23.7 Å². The Morgan fingerprint density at radius 2 is 2.24 bits per heavy atom. The molecule has 1 aliphatic heterocycles. The van der Waals surface area contributed by atoms with Crippen molar-refractivity contribution in [1.29, 1.82) is 0 Å². The van der Waals surface area contributed by atoms with Crippen LogP contribution >= 0.6 is 11.6 Å². The van der Waals surface area contributed by atoms with Gasteiger partial charge in [-0.3, -0.25) is 0 Å². The molecule has 0 saturated carbocycles. The molecule has 0 bridgehead atoms. The van der Waals surface area contributed by atoms with Crippen LogP contribution < -0.4 is 5.32 Å². The molecule has 0 unspecified atom stereocenters. The van der Waals surface area contributed by atoms with Gasteiger partial charge in [-0.25, -0.2) is 4.79 Å². The van der Waals surface area contributed by atoms with E-state index in [4.69, 9.17) is 16.3 Å². The molecule has 1 atom stereocenters. The highest BCUT2D eigenvalue weighted by Gasteiger charge is 2.30.